The predicted octanol–water partition coefficient (Wildman–Crippen LogP) is 4.68. The highest BCUT2D eigenvalue weighted by Crippen LogP contribution is 2.50. The predicted molar refractivity (Wildman–Crippen MR) is 139 cm³/mol. The summed E-state index contributed by atoms with van der Waals surface area (Å²) in [6.45, 7) is 6.57. The smallest absolute Gasteiger partial charge is 0.343 e. The van der Waals surface area contributed by atoms with E-state index in [9.17, 15) is 29.4 Å². The van der Waals surface area contributed by atoms with Gasteiger partial charge < -0.3 is 19.7 Å². The number of benzene rings is 1. The summed E-state index contributed by atoms with van der Waals surface area (Å²) in [5.74, 6) is -4.02. The van der Waals surface area contributed by atoms with Crippen molar-refractivity contribution >= 4 is 63.3 Å². The third-order valence-electron chi connectivity index (χ3n) is 5.63. The Morgan fingerprint density at radius 1 is 0.784 bits per heavy atom. The molecule has 0 fully saturated rings. The van der Waals surface area contributed by atoms with Crippen molar-refractivity contribution in [2.75, 3.05) is 18.1 Å². The van der Waals surface area contributed by atoms with E-state index in [1.807, 2.05) is 0 Å². The van der Waals surface area contributed by atoms with Gasteiger partial charge in [-0.25, -0.2) is 14.5 Å². The quantitative estimate of drug-likeness (QED) is 0.326. The van der Waals surface area contributed by atoms with E-state index in [0.29, 0.717) is 9.75 Å². The number of ether oxygens (including phenoxy) is 2. The number of amides is 2. The van der Waals surface area contributed by atoms with Crippen LogP contribution < -0.4 is 4.90 Å². The molecule has 1 aliphatic rings. The molecule has 2 aromatic heterocycles. The van der Waals surface area contributed by atoms with Gasteiger partial charge in [0.25, 0.3) is 11.8 Å². The van der Waals surface area contributed by atoms with Crippen LogP contribution >= 0.6 is 22.7 Å². The van der Waals surface area contributed by atoms with E-state index >= 15 is 0 Å². The lowest BCUT2D eigenvalue weighted by Crippen LogP contribution is -2.31. The molecule has 192 valence electrons. The molecule has 11 heteroatoms. The van der Waals surface area contributed by atoms with Crippen LogP contribution in [0.2, 0.25) is 0 Å². The van der Waals surface area contributed by atoms with Crippen LogP contribution in [0.5, 0.6) is 11.5 Å². The second kappa shape index (κ2) is 10.2. The minimum absolute atomic E-state index is 0.0181. The largest absolute Gasteiger partial charge is 0.505 e. The van der Waals surface area contributed by atoms with Gasteiger partial charge in [0.05, 0.1) is 39.8 Å². The Balaban J connectivity index is 1.99. The fourth-order valence-electron chi connectivity index (χ4n) is 4.05. The monoisotopic (exact) mass is 541 g/mol. The Bertz CT molecular complexity index is 1370. The van der Waals surface area contributed by atoms with Gasteiger partial charge in [0.2, 0.25) is 0 Å². The molecule has 0 unspecified atom stereocenters. The summed E-state index contributed by atoms with van der Waals surface area (Å²) >= 11 is 1.90. The van der Waals surface area contributed by atoms with E-state index < -0.39 is 35.3 Å². The summed E-state index contributed by atoms with van der Waals surface area (Å²) in [4.78, 5) is 54.2. The van der Waals surface area contributed by atoms with E-state index in [2.05, 4.69) is 0 Å². The first-order valence-corrected chi connectivity index (χ1v) is 12.9. The van der Waals surface area contributed by atoms with Crippen molar-refractivity contribution in [3.05, 3.63) is 61.0 Å². The lowest BCUT2D eigenvalue weighted by molar-refractivity contribution is -0.119. The molecule has 1 aliphatic heterocycles. The maximum absolute atomic E-state index is 13.8. The van der Waals surface area contributed by atoms with Crippen molar-refractivity contribution in [1.82, 2.24) is 0 Å². The first kappa shape index (κ1) is 26.1. The Hall–Kier alpha value is -3.96. The number of imide groups is 1. The number of esters is 2. The highest BCUT2D eigenvalue weighted by molar-refractivity contribution is 7.16. The molecular formula is C26H23NO8S2. The van der Waals surface area contributed by atoms with Crippen LogP contribution in [0, 0.1) is 13.8 Å². The number of carbonyl (C=O) groups is 4. The zero-order valence-corrected chi connectivity index (χ0v) is 22.0. The van der Waals surface area contributed by atoms with Gasteiger partial charge in [-0.1, -0.05) is 18.2 Å². The van der Waals surface area contributed by atoms with Crippen LogP contribution in [0.4, 0.5) is 5.69 Å². The van der Waals surface area contributed by atoms with Crippen LogP contribution in [-0.4, -0.2) is 47.2 Å². The van der Waals surface area contributed by atoms with E-state index in [4.69, 9.17) is 9.47 Å². The summed E-state index contributed by atoms with van der Waals surface area (Å²) < 4.78 is 10.1. The van der Waals surface area contributed by atoms with Crippen molar-refractivity contribution in [1.29, 1.82) is 0 Å². The Labute approximate surface area is 220 Å². The average Bonchev–Trinajstić information content (AvgIpc) is 3.41. The number of anilines is 1. The molecule has 0 radical (unpaired) electrons. The van der Waals surface area contributed by atoms with Crippen molar-refractivity contribution in [2.24, 2.45) is 0 Å². The molecule has 9 nitrogen and oxygen atoms in total. The molecule has 3 aromatic rings. The van der Waals surface area contributed by atoms with E-state index in [0.717, 1.165) is 27.6 Å². The van der Waals surface area contributed by atoms with Crippen molar-refractivity contribution < 1.29 is 38.9 Å². The molecule has 3 heterocycles. The molecular weight excluding hydrogens is 518 g/mol. The first-order valence-electron chi connectivity index (χ1n) is 11.3. The van der Waals surface area contributed by atoms with Crippen LogP contribution in [0.15, 0.2) is 30.3 Å². The van der Waals surface area contributed by atoms with Crippen molar-refractivity contribution in [3.8, 4) is 11.5 Å². The third kappa shape index (κ3) is 4.30. The lowest BCUT2D eigenvalue weighted by atomic mass is 10.0. The van der Waals surface area contributed by atoms with Gasteiger partial charge in [-0.05, 0) is 39.8 Å². The van der Waals surface area contributed by atoms with Crippen LogP contribution in [0.3, 0.4) is 0 Å². The Kier molecular flexibility index (Phi) is 7.19. The van der Waals surface area contributed by atoms with Crippen molar-refractivity contribution in [2.45, 2.75) is 27.7 Å². The number of para-hydroxylation sites is 1. The van der Waals surface area contributed by atoms with Gasteiger partial charge in [0, 0.05) is 9.75 Å². The molecule has 1 aromatic carbocycles. The normalized spacial score (nSPS) is 13.5. The number of thiophene rings is 2. The zero-order valence-electron chi connectivity index (χ0n) is 20.4. The topological polar surface area (TPSA) is 130 Å². The van der Waals surface area contributed by atoms with Crippen LogP contribution in [0.25, 0.3) is 11.1 Å². The number of nitrogens with zero attached hydrogens (tertiary/aromatic N) is 1. The third-order valence-corrected chi connectivity index (χ3v) is 7.85. The van der Waals surface area contributed by atoms with Gasteiger partial charge in [0.1, 0.15) is 22.6 Å². The van der Waals surface area contributed by atoms with Crippen molar-refractivity contribution in [3.63, 3.8) is 0 Å². The molecule has 0 aliphatic carbocycles. The minimum atomic E-state index is -0.766. The standard InChI is InChI=1S/C26H23NO8S2/c1-5-34-25(32)15-12(3)36-21(19(15)28)17-18(22-20(29)16(13(4)37-22)26(33)35-6-2)24(31)27(23(17)30)14-10-8-7-9-11-14/h7-11,28-29H,5-6H2,1-4H3. The van der Waals surface area contributed by atoms with E-state index in [-0.39, 0.29) is 50.9 Å². The van der Waals surface area contributed by atoms with Crippen LogP contribution in [-0.2, 0) is 19.1 Å². The van der Waals surface area contributed by atoms with Gasteiger partial charge in [-0.2, -0.15) is 0 Å². The highest BCUT2D eigenvalue weighted by atomic mass is 32.1. The summed E-state index contributed by atoms with van der Waals surface area (Å²) in [7, 11) is 0. The molecule has 0 saturated carbocycles. The summed E-state index contributed by atoms with van der Waals surface area (Å²) in [5.41, 5.74) is -0.317. The maximum atomic E-state index is 13.8. The van der Waals surface area contributed by atoms with Gasteiger partial charge in [0.15, 0.2) is 0 Å². The molecule has 0 atom stereocenters. The maximum Gasteiger partial charge on any atom is 0.343 e. The number of aromatic hydroxyl groups is 2. The fraction of sp³-hybridized carbons (Fsp3) is 0.231. The second-order valence-corrected chi connectivity index (χ2v) is 10.3. The Morgan fingerprint density at radius 3 is 1.57 bits per heavy atom. The number of carbonyl (C=O) groups excluding carboxylic acids is 4. The lowest BCUT2D eigenvalue weighted by Gasteiger charge is -2.14. The number of hydrogen-bond acceptors (Lipinski definition) is 10. The molecule has 37 heavy (non-hydrogen) atoms. The van der Waals surface area contributed by atoms with E-state index in [1.54, 1.807) is 58.0 Å². The molecule has 0 spiro atoms. The molecule has 2 amide bonds. The Morgan fingerprint density at radius 2 is 1.19 bits per heavy atom. The second-order valence-electron chi connectivity index (χ2n) is 7.89. The number of hydrogen-bond donors (Lipinski definition) is 2. The fourth-order valence-corrected chi connectivity index (χ4v) is 6.21. The van der Waals surface area contributed by atoms with Crippen LogP contribution in [0.1, 0.15) is 54.1 Å². The first-order chi connectivity index (χ1) is 17.6. The van der Waals surface area contributed by atoms with E-state index in [1.165, 1.54) is 0 Å². The summed E-state index contributed by atoms with van der Waals surface area (Å²) in [6, 6.07) is 8.19. The van der Waals surface area contributed by atoms with Gasteiger partial charge in [-0.3, -0.25) is 9.59 Å². The average molecular weight is 542 g/mol. The van der Waals surface area contributed by atoms with Gasteiger partial charge >= 0.3 is 11.9 Å². The number of rotatable bonds is 7. The highest BCUT2D eigenvalue weighted by Gasteiger charge is 2.45. The molecule has 0 saturated heterocycles. The molecule has 2 N–H and O–H groups in total. The SMILES string of the molecule is CCOC(=O)c1c(C)sc(C2=C(c3sc(C)c(C(=O)OCC)c3O)C(=O)N(c3ccccc3)C2=O)c1O. The molecule has 0 bridgehead atoms. The molecule has 4 rings (SSSR count). The zero-order chi connectivity index (χ0) is 27.0. The number of aryl methyl sites for hydroxylation is 2. The summed E-state index contributed by atoms with van der Waals surface area (Å²) in [6.07, 6.45) is 0. The minimum Gasteiger partial charge on any atom is -0.505 e. The van der Waals surface area contributed by atoms with Gasteiger partial charge in [-0.15, -0.1) is 22.7 Å². The summed E-state index contributed by atoms with van der Waals surface area (Å²) in [5, 5.41) is 22.1.